The zero-order chi connectivity index (χ0) is 64.4. The monoisotopic (exact) mass is 1310 g/mol. The second kappa shape index (κ2) is 31.8. The molecule has 21 heteroatoms. The van der Waals surface area contributed by atoms with Crippen LogP contribution in [-0.2, 0) is 28.1 Å². The largest absolute Gasteiger partial charge is 1.00 e. The Bertz CT molecular complexity index is 2840. The van der Waals surface area contributed by atoms with Crippen LogP contribution in [0.3, 0.4) is 0 Å². The normalized spacial score (nSPS) is 16.3. The van der Waals surface area contributed by atoms with Gasteiger partial charge in [-0.1, -0.05) is 134 Å². The minimum absolute atomic E-state index is 0. The SMILES string of the molecule is CC[C@@H](N(NC(=O)c1ccc(B2OC(C)(C)C(C)(C)O2)c(C(Br)Br)c1)C(=O)c1cc(C)cc(C)c1)C(C)(C)C.CC[C@@H](N(NC(=O)c1ccc(B2OC(C)(C)C(C)(C)O2)c(C(OC)OC)c1)C(=O)c1cc(C)cc(C)c1)C(C)(C)C.CO.C[O-].[Na+]. The standard InChI is InChI=1S/C32H47BN2O6.C30H41BBr2N2O4.CH4O.CH3O.Na/c1-13-26(30(4,5)6)35(28(37)23-17-20(2)16-21(3)18-23)34-27(36)22-14-15-25(24(19-22)29(38-11)39-12)33-40-31(7,8)32(9,10)41-33;1-11-24(28(4,5)6)35(27(37)21-15-18(2)14-19(3)16-21)34-26(36)20-12-13-23(22(17-20)25(32)33)31-38-29(7,8)30(9,10)39-31;2*1-2;/h14-19,26,29H,13H2,1-12H3,(H,34,36);12-17,24-25H,11H2,1-10H3,(H,34,36);2H,1H3;1H3;/q;;;-1;+1/t26-;24-;;;/m11.../s1. The molecule has 85 heavy (non-hydrogen) atoms. The van der Waals surface area contributed by atoms with Gasteiger partial charge in [0.05, 0.1) is 38.2 Å². The number of ether oxygens (including phenoxy) is 2. The van der Waals surface area contributed by atoms with Crippen molar-refractivity contribution < 1.29 is 87.0 Å². The Morgan fingerprint density at radius 1 is 0.541 bits per heavy atom. The fourth-order valence-electron chi connectivity index (χ4n) is 10.3. The zero-order valence-electron chi connectivity index (χ0n) is 55.4. The predicted octanol–water partition coefficient (Wildman–Crippen LogP) is 8.10. The number of carbonyl (C=O) groups excluding carboxylic acids is 4. The number of amides is 4. The molecule has 16 nitrogen and oxygen atoms in total. The van der Waals surface area contributed by atoms with Gasteiger partial charge in [-0.2, -0.15) is 7.11 Å². The van der Waals surface area contributed by atoms with Crippen molar-refractivity contribution in [1.82, 2.24) is 20.9 Å². The van der Waals surface area contributed by atoms with Crippen molar-refractivity contribution in [3.63, 3.8) is 0 Å². The molecule has 2 heterocycles. The summed E-state index contributed by atoms with van der Waals surface area (Å²) >= 11 is 7.22. The van der Waals surface area contributed by atoms with Crippen LogP contribution in [0, 0.1) is 38.5 Å². The summed E-state index contributed by atoms with van der Waals surface area (Å²) in [6.07, 6.45) is 0.571. The van der Waals surface area contributed by atoms with Crippen molar-refractivity contribution in [3.05, 3.63) is 128 Å². The zero-order valence-corrected chi connectivity index (χ0v) is 60.6. The number of benzene rings is 4. The number of nitrogens with one attached hydrogen (secondary N) is 2. The van der Waals surface area contributed by atoms with Gasteiger partial charge in [-0.25, -0.2) is 10.0 Å². The summed E-state index contributed by atoms with van der Waals surface area (Å²) in [6.45, 7) is 40.3. The maximum absolute atomic E-state index is 13.9. The van der Waals surface area contributed by atoms with E-state index in [0.29, 0.717) is 46.1 Å². The molecule has 3 N–H and O–H groups in total. The molecule has 0 aliphatic carbocycles. The number of hydrogen-bond acceptors (Lipinski definition) is 12. The summed E-state index contributed by atoms with van der Waals surface area (Å²) < 4.78 is 36.1. The Labute approximate surface area is 548 Å². The number of methoxy groups -OCH3 is 2. The maximum Gasteiger partial charge on any atom is 1.00 e. The first-order valence-corrected chi connectivity index (χ1v) is 30.3. The minimum atomic E-state index is -0.761. The van der Waals surface area contributed by atoms with Gasteiger partial charge < -0.3 is 38.3 Å². The summed E-state index contributed by atoms with van der Waals surface area (Å²) in [6, 6.07) is 21.6. The predicted molar refractivity (Wildman–Crippen MR) is 342 cm³/mol. The van der Waals surface area contributed by atoms with Gasteiger partial charge in [0.1, 0.15) is 0 Å². The average molecular weight is 1320 g/mol. The Balaban J connectivity index is 0.000000543. The first-order chi connectivity index (χ1) is 38.8. The molecular weight excluding hydrogens is 1220 g/mol. The summed E-state index contributed by atoms with van der Waals surface area (Å²) in [7, 11) is 3.57. The van der Waals surface area contributed by atoms with Gasteiger partial charge in [0, 0.05) is 49.1 Å². The number of nitrogens with zero attached hydrogens (tertiary/aromatic N) is 2. The van der Waals surface area contributed by atoms with Crippen LogP contribution in [0.4, 0.5) is 0 Å². The first kappa shape index (κ1) is 77.6. The molecule has 2 atom stereocenters. The number of aliphatic hydroxyl groups is 1. The number of carbonyl (C=O) groups is 4. The quantitative estimate of drug-likeness (QED) is 0.0476. The van der Waals surface area contributed by atoms with Crippen LogP contribution in [0.25, 0.3) is 0 Å². The number of hydrazine groups is 2. The fourth-order valence-corrected chi connectivity index (χ4v) is 11.1. The first-order valence-electron chi connectivity index (χ1n) is 28.5. The molecule has 4 aromatic carbocycles. The van der Waals surface area contributed by atoms with Gasteiger partial charge in [0.2, 0.25) is 0 Å². The fraction of sp³-hybridized carbons (Fsp3) is 0.562. The van der Waals surface area contributed by atoms with E-state index >= 15 is 0 Å². The molecule has 2 aliphatic heterocycles. The van der Waals surface area contributed by atoms with E-state index in [9.17, 15) is 19.2 Å². The summed E-state index contributed by atoms with van der Waals surface area (Å²) in [5.41, 5.74) is 12.1. The minimum Gasteiger partial charge on any atom is -0.857 e. The molecule has 4 aromatic rings. The van der Waals surface area contributed by atoms with Crippen LogP contribution in [0.1, 0.15) is 208 Å². The molecule has 2 aliphatic rings. The summed E-state index contributed by atoms with van der Waals surface area (Å²) in [5, 5.41) is 18.3. The molecular formula is C64H95B2Br2N4NaO12. The van der Waals surface area contributed by atoms with Crippen LogP contribution < -0.4 is 56.4 Å². The molecule has 4 amide bonds. The third-order valence-corrected chi connectivity index (χ3v) is 16.8. The molecule has 464 valence electrons. The number of aryl methyl sites for hydroxylation is 4. The van der Waals surface area contributed by atoms with Crippen LogP contribution in [-0.4, -0.2) is 116 Å². The number of alkyl halides is 2. The van der Waals surface area contributed by atoms with Crippen LogP contribution in [0.15, 0.2) is 72.8 Å². The van der Waals surface area contributed by atoms with Gasteiger partial charge in [-0.15, -0.1) is 0 Å². The smallest absolute Gasteiger partial charge is 0.857 e. The summed E-state index contributed by atoms with van der Waals surface area (Å²) in [4.78, 5) is 55.3. The summed E-state index contributed by atoms with van der Waals surface area (Å²) in [5.74, 6) is -1.27. The van der Waals surface area contributed by atoms with Gasteiger partial charge in [0.15, 0.2) is 6.29 Å². The van der Waals surface area contributed by atoms with E-state index < -0.39 is 48.8 Å². The van der Waals surface area contributed by atoms with Gasteiger partial charge in [0.25, 0.3) is 23.6 Å². The molecule has 0 unspecified atom stereocenters. The maximum atomic E-state index is 13.9. The van der Waals surface area contributed by atoms with Crippen molar-refractivity contribution in [2.24, 2.45) is 10.8 Å². The second-order valence-corrected chi connectivity index (χ2v) is 28.6. The molecule has 6 rings (SSSR count). The molecule has 0 spiro atoms. The van der Waals surface area contributed by atoms with Crippen molar-refractivity contribution in [2.75, 3.05) is 28.4 Å². The van der Waals surface area contributed by atoms with E-state index in [2.05, 4.69) is 84.3 Å². The number of rotatable bonds is 14. The van der Waals surface area contributed by atoms with Gasteiger partial charge in [-0.3, -0.25) is 30.0 Å². The van der Waals surface area contributed by atoms with Crippen molar-refractivity contribution in [2.45, 2.75) is 196 Å². The van der Waals surface area contributed by atoms with Crippen molar-refractivity contribution in [1.29, 1.82) is 0 Å². The molecule has 0 aromatic heterocycles. The van der Waals surface area contributed by atoms with E-state index in [1.807, 2.05) is 139 Å². The Kier molecular flexibility index (Phi) is 29.1. The Morgan fingerprint density at radius 2 is 0.824 bits per heavy atom. The number of aliphatic hydroxyl groups excluding tert-OH is 1. The number of halogens is 2. The number of hydrogen-bond donors (Lipinski definition) is 3. The molecule has 0 saturated carbocycles. The van der Waals surface area contributed by atoms with E-state index in [-0.39, 0.29) is 73.9 Å². The van der Waals surface area contributed by atoms with E-state index in [0.717, 1.165) is 47.5 Å². The molecule has 0 bridgehead atoms. The van der Waals surface area contributed by atoms with E-state index in [4.69, 9.17) is 38.3 Å². The topological polar surface area (TPSA) is 197 Å². The molecule has 2 saturated heterocycles. The molecule has 0 radical (unpaired) electrons. The van der Waals surface area contributed by atoms with Gasteiger partial charge in [-0.05, 0) is 172 Å². The Morgan fingerprint density at radius 3 is 1.08 bits per heavy atom. The van der Waals surface area contributed by atoms with E-state index in [1.165, 1.54) is 24.2 Å². The third-order valence-electron chi connectivity index (χ3n) is 15.8. The second-order valence-electron chi connectivity index (χ2n) is 25.5. The molecule has 2 fully saturated rings. The Hall–Kier alpha value is -3.47. The van der Waals surface area contributed by atoms with Gasteiger partial charge >= 0.3 is 43.8 Å². The third kappa shape index (κ3) is 19.3. The van der Waals surface area contributed by atoms with E-state index in [1.54, 1.807) is 30.3 Å². The van der Waals surface area contributed by atoms with Crippen LogP contribution in [0.5, 0.6) is 0 Å². The van der Waals surface area contributed by atoms with Crippen LogP contribution in [0.2, 0.25) is 0 Å². The average Bonchev–Trinajstić information content (AvgIpc) is 3.33. The van der Waals surface area contributed by atoms with Crippen molar-refractivity contribution >= 4 is 80.7 Å². The van der Waals surface area contributed by atoms with Crippen molar-refractivity contribution in [3.8, 4) is 0 Å². The van der Waals surface area contributed by atoms with Crippen LogP contribution >= 0.6 is 31.9 Å².